The molecule has 0 unspecified atom stereocenters. The van der Waals surface area contributed by atoms with Crippen molar-refractivity contribution in [3.8, 4) is 0 Å². The third-order valence-corrected chi connectivity index (χ3v) is 6.79. The molecule has 0 amide bonds. The Balaban J connectivity index is 0.00000272. The Kier molecular flexibility index (Phi) is 7.97. The average molecular weight is 437 g/mol. The van der Waals surface area contributed by atoms with Crippen LogP contribution >= 0.6 is 12.4 Å². The second-order valence-electron chi connectivity index (χ2n) is 8.45. The first kappa shape index (κ1) is 23.1. The van der Waals surface area contributed by atoms with Crippen LogP contribution in [0, 0.1) is 11.8 Å². The van der Waals surface area contributed by atoms with Crippen molar-refractivity contribution in [2.24, 2.45) is 11.8 Å². The van der Waals surface area contributed by atoms with Gasteiger partial charge in [0.1, 0.15) is 5.78 Å². The summed E-state index contributed by atoms with van der Waals surface area (Å²) in [6.07, 6.45) is 7.69. The fourth-order valence-electron chi connectivity index (χ4n) is 5.04. The number of hydrogen-bond acceptors (Lipinski definition) is 3. The topological polar surface area (TPSA) is 23.6 Å². The highest BCUT2D eigenvalue weighted by Gasteiger charge is 2.32. The maximum Gasteiger partial charge on any atom is 0.139 e. The number of rotatable bonds is 6. The van der Waals surface area contributed by atoms with E-state index in [4.69, 9.17) is 0 Å². The number of halogens is 1. The smallest absolute Gasteiger partial charge is 0.139 e. The molecule has 31 heavy (non-hydrogen) atoms. The zero-order chi connectivity index (χ0) is 20.9. The number of anilines is 2. The van der Waals surface area contributed by atoms with Crippen molar-refractivity contribution in [3.63, 3.8) is 0 Å². The van der Waals surface area contributed by atoms with Crippen molar-refractivity contribution in [1.29, 1.82) is 0 Å². The maximum atomic E-state index is 13.2. The Morgan fingerprint density at radius 1 is 0.710 bits per heavy atom. The molecule has 4 rings (SSSR count). The molecule has 2 aliphatic rings. The summed E-state index contributed by atoms with van der Waals surface area (Å²) in [5.74, 6) is 0.937. The van der Waals surface area contributed by atoms with Crippen LogP contribution in [0.1, 0.15) is 36.8 Å². The highest BCUT2D eigenvalue weighted by Crippen LogP contribution is 2.32. The summed E-state index contributed by atoms with van der Waals surface area (Å²) in [5, 5.41) is 0. The van der Waals surface area contributed by atoms with E-state index in [9.17, 15) is 4.79 Å². The molecular weight excluding hydrogens is 404 g/mol. The van der Waals surface area contributed by atoms with Crippen LogP contribution in [0.4, 0.5) is 11.4 Å². The Bertz CT molecular complexity index is 835. The second kappa shape index (κ2) is 10.7. The Hall–Kier alpha value is -2.52. The van der Waals surface area contributed by atoms with Crippen molar-refractivity contribution in [1.82, 2.24) is 0 Å². The van der Waals surface area contributed by atoms with E-state index in [1.54, 1.807) is 0 Å². The minimum Gasteiger partial charge on any atom is -0.371 e. The Morgan fingerprint density at radius 2 is 1.06 bits per heavy atom. The van der Waals surface area contributed by atoms with Crippen LogP contribution in [-0.4, -0.2) is 32.0 Å². The number of benzene rings is 2. The molecule has 0 N–H and O–H groups in total. The van der Waals surface area contributed by atoms with Gasteiger partial charge in [-0.25, -0.2) is 0 Å². The highest BCUT2D eigenvalue weighted by molar-refractivity contribution is 5.85. The van der Waals surface area contributed by atoms with Crippen LogP contribution in [0.2, 0.25) is 0 Å². The van der Waals surface area contributed by atoms with Gasteiger partial charge in [0.2, 0.25) is 0 Å². The van der Waals surface area contributed by atoms with Gasteiger partial charge >= 0.3 is 0 Å². The first-order valence-corrected chi connectivity index (χ1v) is 11.2. The number of nitrogens with zero attached hydrogens (tertiary/aromatic N) is 2. The molecule has 0 saturated carbocycles. The SMILES string of the molecule is C=Cc1ccccc1N1CCC(C(=O)C2CCN(c3ccccc3C=C)CC2)CC1.Cl. The van der Waals surface area contributed by atoms with E-state index >= 15 is 0 Å². The summed E-state index contributed by atoms with van der Waals surface area (Å²) < 4.78 is 0. The van der Waals surface area contributed by atoms with E-state index in [1.165, 1.54) is 22.5 Å². The molecular formula is C27H33ClN2O. The fourth-order valence-corrected chi connectivity index (χ4v) is 5.04. The molecule has 0 radical (unpaired) electrons. The van der Waals surface area contributed by atoms with Crippen LogP contribution < -0.4 is 9.80 Å². The molecule has 0 aliphatic carbocycles. The highest BCUT2D eigenvalue weighted by atomic mass is 35.5. The Morgan fingerprint density at radius 3 is 1.42 bits per heavy atom. The lowest BCUT2D eigenvalue weighted by atomic mass is 9.81. The molecule has 2 aromatic carbocycles. The van der Waals surface area contributed by atoms with Crippen LogP contribution in [-0.2, 0) is 4.79 Å². The van der Waals surface area contributed by atoms with E-state index in [1.807, 2.05) is 12.2 Å². The molecule has 0 bridgehead atoms. The number of para-hydroxylation sites is 2. The van der Waals surface area contributed by atoms with E-state index < -0.39 is 0 Å². The van der Waals surface area contributed by atoms with E-state index in [0.29, 0.717) is 5.78 Å². The number of carbonyl (C=O) groups is 1. The summed E-state index contributed by atoms with van der Waals surface area (Å²) in [7, 11) is 0. The van der Waals surface area contributed by atoms with Crippen molar-refractivity contribution >= 4 is 41.7 Å². The maximum absolute atomic E-state index is 13.2. The van der Waals surface area contributed by atoms with Crippen LogP contribution in [0.5, 0.6) is 0 Å². The van der Waals surface area contributed by atoms with E-state index in [0.717, 1.165) is 51.9 Å². The third-order valence-electron chi connectivity index (χ3n) is 6.79. The number of ketones is 1. The first-order chi connectivity index (χ1) is 14.7. The molecule has 2 fully saturated rings. The van der Waals surface area contributed by atoms with Gasteiger partial charge in [0, 0.05) is 49.4 Å². The lowest BCUT2D eigenvalue weighted by Crippen LogP contribution is -2.42. The van der Waals surface area contributed by atoms with Crippen molar-refractivity contribution < 1.29 is 4.79 Å². The molecule has 2 aromatic rings. The zero-order valence-corrected chi connectivity index (χ0v) is 19.0. The van der Waals surface area contributed by atoms with Gasteiger partial charge in [0.15, 0.2) is 0 Å². The van der Waals surface area contributed by atoms with Gasteiger partial charge in [0.05, 0.1) is 0 Å². The average Bonchev–Trinajstić information content (AvgIpc) is 2.83. The number of hydrogen-bond donors (Lipinski definition) is 0. The lowest BCUT2D eigenvalue weighted by Gasteiger charge is -2.38. The predicted octanol–water partition coefficient (Wildman–Crippen LogP) is 6.10. The van der Waals surface area contributed by atoms with Crippen LogP contribution in [0.3, 0.4) is 0 Å². The molecule has 164 valence electrons. The summed E-state index contributed by atoms with van der Waals surface area (Å²) in [5.41, 5.74) is 4.84. The number of Topliss-reactive ketones (excluding diaryl/α,β-unsaturated/α-hetero) is 1. The van der Waals surface area contributed by atoms with Gasteiger partial charge in [-0.3, -0.25) is 4.79 Å². The quantitative estimate of drug-likeness (QED) is 0.546. The largest absolute Gasteiger partial charge is 0.371 e. The zero-order valence-electron chi connectivity index (χ0n) is 18.2. The third kappa shape index (κ3) is 5.04. The van der Waals surface area contributed by atoms with Gasteiger partial charge in [-0.1, -0.05) is 61.7 Å². The molecule has 0 spiro atoms. The monoisotopic (exact) mass is 436 g/mol. The van der Waals surface area contributed by atoms with E-state index in [2.05, 4.69) is 71.5 Å². The first-order valence-electron chi connectivity index (χ1n) is 11.2. The summed E-state index contributed by atoms with van der Waals surface area (Å²) >= 11 is 0. The summed E-state index contributed by atoms with van der Waals surface area (Å²) in [4.78, 5) is 18.0. The van der Waals surface area contributed by atoms with Gasteiger partial charge < -0.3 is 9.80 Å². The second-order valence-corrected chi connectivity index (χ2v) is 8.45. The minimum absolute atomic E-state index is 0. The van der Waals surface area contributed by atoms with Gasteiger partial charge in [-0.2, -0.15) is 0 Å². The van der Waals surface area contributed by atoms with Gasteiger partial charge in [-0.15, -0.1) is 12.4 Å². The number of carbonyl (C=O) groups excluding carboxylic acids is 1. The molecule has 2 saturated heterocycles. The molecule has 0 aromatic heterocycles. The van der Waals surface area contributed by atoms with Crippen LogP contribution in [0.25, 0.3) is 12.2 Å². The molecule has 0 atom stereocenters. The number of piperidine rings is 2. The van der Waals surface area contributed by atoms with Crippen molar-refractivity contribution in [2.45, 2.75) is 25.7 Å². The molecule has 2 heterocycles. The standard InChI is InChI=1S/C27H32N2O.ClH/c1-3-21-9-5-7-11-25(21)28-17-13-23(14-18-28)27(30)24-15-19-29(20-16-24)26-12-8-6-10-22(26)4-2;/h3-12,23-24H,1-2,13-20H2;1H. The van der Waals surface area contributed by atoms with E-state index in [-0.39, 0.29) is 24.2 Å². The molecule has 4 heteroatoms. The van der Waals surface area contributed by atoms with Gasteiger partial charge in [0.25, 0.3) is 0 Å². The Labute approximate surface area is 192 Å². The fraction of sp³-hybridized carbons (Fsp3) is 0.370. The molecule has 2 aliphatic heterocycles. The molecule has 3 nitrogen and oxygen atoms in total. The lowest BCUT2D eigenvalue weighted by molar-refractivity contribution is -0.128. The summed E-state index contributed by atoms with van der Waals surface area (Å²) in [6.45, 7) is 11.7. The summed E-state index contributed by atoms with van der Waals surface area (Å²) in [6, 6.07) is 16.8. The van der Waals surface area contributed by atoms with Crippen molar-refractivity contribution in [2.75, 3.05) is 36.0 Å². The van der Waals surface area contributed by atoms with Crippen molar-refractivity contribution in [3.05, 3.63) is 72.8 Å². The minimum atomic E-state index is 0. The predicted molar refractivity (Wildman–Crippen MR) is 135 cm³/mol. The normalized spacial score (nSPS) is 17.7. The van der Waals surface area contributed by atoms with Gasteiger partial charge in [-0.05, 0) is 48.9 Å². The van der Waals surface area contributed by atoms with Crippen LogP contribution in [0.15, 0.2) is 61.7 Å².